The number of hydrogen-bond donors (Lipinski definition) is 0. The van der Waals surface area contributed by atoms with Crippen molar-refractivity contribution in [1.29, 1.82) is 0 Å². The predicted octanol–water partition coefficient (Wildman–Crippen LogP) is 5.84. The van der Waals surface area contributed by atoms with E-state index in [0.717, 1.165) is 40.6 Å². The third kappa shape index (κ3) is 4.09. The molecule has 0 bridgehead atoms. The van der Waals surface area contributed by atoms with E-state index in [0.29, 0.717) is 0 Å². The Morgan fingerprint density at radius 1 is 0.793 bits per heavy atom. The van der Waals surface area contributed by atoms with Gasteiger partial charge in [0, 0.05) is 0 Å². The normalized spacial score (nSPS) is 10.6. The summed E-state index contributed by atoms with van der Waals surface area (Å²) in [5, 5.41) is 3.41. The summed E-state index contributed by atoms with van der Waals surface area (Å²) in [7, 11) is 0. The Balaban J connectivity index is 1.62. The van der Waals surface area contributed by atoms with Crippen molar-refractivity contribution < 1.29 is 7.06 Å². The molecule has 1 aromatic heterocycles. The minimum atomic E-state index is -1.46. The predicted molar refractivity (Wildman–Crippen MR) is 121 cm³/mol. The van der Waals surface area contributed by atoms with E-state index in [2.05, 4.69) is 42.4 Å². The molecule has 0 amide bonds. The van der Waals surface area contributed by atoms with Gasteiger partial charge in [0.1, 0.15) is 0 Å². The van der Waals surface area contributed by atoms with Crippen molar-refractivity contribution in [2.75, 3.05) is 0 Å². The zero-order valence-corrected chi connectivity index (χ0v) is 18.6. The first-order valence-electron chi connectivity index (χ1n) is 9.56. The molecule has 0 unspecified atom stereocenters. The molecule has 3 nitrogen and oxygen atoms in total. The number of nitrogens with zero attached hydrogens (tertiary/aromatic N) is 1. The summed E-state index contributed by atoms with van der Waals surface area (Å²) < 4.78 is 12.3. The molecule has 3 aromatic carbocycles. The van der Waals surface area contributed by atoms with Gasteiger partial charge in [-0.15, -0.1) is 0 Å². The summed E-state index contributed by atoms with van der Waals surface area (Å²) in [6, 6.07) is 20.4. The van der Waals surface area contributed by atoms with Crippen LogP contribution in [0.5, 0.6) is 11.5 Å². The minimum absolute atomic E-state index is 0.781. The second-order valence-corrected chi connectivity index (χ2v) is 8.10. The van der Waals surface area contributed by atoms with Gasteiger partial charge in [0.05, 0.1) is 0 Å². The molecule has 1 radical (unpaired) electrons. The Labute approximate surface area is 179 Å². The number of benzene rings is 3. The third-order valence-electron chi connectivity index (χ3n) is 4.85. The fraction of sp³-hybridized carbons (Fsp3) is 0.0800. The molecule has 141 valence electrons. The maximum atomic E-state index is 6.19. The second-order valence-electron chi connectivity index (χ2n) is 6.71. The standard InChI is InChI=1S/C16H16O.C9H7NO.Ga/c1-3-6-12-8-5-9-14-15(17)11-10-13(7-4-2)16(12)14;11-8-5-1-3-7-4-2-6-10-9(7)8;/h3-5,8-11,17H,1-2,6-7H2;1-6,11H;/q;;+2/p-2. The van der Waals surface area contributed by atoms with Crippen molar-refractivity contribution in [3.63, 3.8) is 0 Å². The van der Waals surface area contributed by atoms with E-state index >= 15 is 0 Å². The molecule has 0 aliphatic heterocycles. The molecule has 29 heavy (non-hydrogen) atoms. The van der Waals surface area contributed by atoms with Crippen LogP contribution in [0.2, 0.25) is 0 Å². The molecule has 4 aromatic rings. The molecule has 0 aliphatic rings. The van der Waals surface area contributed by atoms with Gasteiger partial charge in [-0.1, -0.05) is 0 Å². The van der Waals surface area contributed by atoms with Crippen LogP contribution in [0.1, 0.15) is 11.1 Å². The van der Waals surface area contributed by atoms with Gasteiger partial charge in [0.25, 0.3) is 0 Å². The van der Waals surface area contributed by atoms with Gasteiger partial charge in [0.15, 0.2) is 0 Å². The summed E-state index contributed by atoms with van der Waals surface area (Å²) in [6.07, 6.45) is 7.30. The van der Waals surface area contributed by atoms with Gasteiger partial charge < -0.3 is 0 Å². The molecule has 0 spiro atoms. The Bertz CT molecular complexity index is 1160. The van der Waals surface area contributed by atoms with Crippen LogP contribution in [-0.2, 0) is 12.8 Å². The molecular formula is C25H21GaNO2. The van der Waals surface area contributed by atoms with Crippen molar-refractivity contribution in [2.24, 2.45) is 0 Å². The summed E-state index contributed by atoms with van der Waals surface area (Å²) in [6.45, 7) is 7.80. The SMILES string of the molecule is C=CCc1cccc2c([O][Ga][O]c3cccc4cccnc34)ccc(CC=C)c12. The van der Waals surface area contributed by atoms with Crippen LogP contribution in [0.3, 0.4) is 0 Å². The molecular weight excluding hydrogens is 416 g/mol. The summed E-state index contributed by atoms with van der Waals surface area (Å²) in [5.74, 6) is 1.65. The first-order valence-corrected chi connectivity index (χ1v) is 11.5. The fourth-order valence-electron chi connectivity index (χ4n) is 3.59. The zero-order chi connectivity index (χ0) is 20.1. The number of para-hydroxylation sites is 1. The molecule has 1 heterocycles. The van der Waals surface area contributed by atoms with E-state index in [-0.39, 0.29) is 0 Å². The molecule has 4 rings (SSSR count). The van der Waals surface area contributed by atoms with E-state index in [1.807, 2.05) is 48.6 Å². The topological polar surface area (TPSA) is 31.4 Å². The van der Waals surface area contributed by atoms with E-state index in [1.54, 1.807) is 6.20 Å². The molecule has 0 atom stereocenters. The molecule has 0 N–H and O–H groups in total. The number of rotatable bonds is 8. The first-order chi connectivity index (χ1) is 14.3. The zero-order valence-electron chi connectivity index (χ0n) is 16.2. The maximum absolute atomic E-state index is 6.19. The van der Waals surface area contributed by atoms with Crippen LogP contribution in [0.25, 0.3) is 21.7 Å². The summed E-state index contributed by atoms with van der Waals surface area (Å²) in [5.41, 5.74) is 3.38. The third-order valence-corrected chi connectivity index (χ3v) is 6.32. The number of pyridine rings is 1. The van der Waals surface area contributed by atoms with E-state index in [9.17, 15) is 0 Å². The van der Waals surface area contributed by atoms with Crippen molar-refractivity contribution in [3.05, 3.63) is 103 Å². The van der Waals surface area contributed by atoms with Gasteiger partial charge in [-0.2, -0.15) is 0 Å². The average molecular weight is 437 g/mol. The summed E-state index contributed by atoms with van der Waals surface area (Å²) >= 11 is -1.46. The van der Waals surface area contributed by atoms with E-state index in [4.69, 9.17) is 7.06 Å². The van der Waals surface area contributed by atoms with Crippen LogP contribution in [0, 0.1) is 0 Å². The van der Waals surface area contributed by atoms with Crippen molar-refractivity contribution in [2.45, 2.75) is 12.8 Å². The van der Waals surface area contributed by atoms with Gasteiger partial charge in [0.2, 0.25) is 0 Å². The Hall–Kier alpha value is -2.95. The Morgan fingerprint density at radius 3 is 2.34 bits per heavy atom. The number of allylic oxidation sites excluding steroid dienone is 2. The van der Waals surface area contributed by atoms with Crippen LogP contribution < -0.4 is 7.06 Å². The number of fused-ring (bicyclic) bond motifs is 2. The van der Waals surface area contributed by atoms with Crippen molar-refractivity contribution in [1.82, 2.24) is 4.98 Å². The second kappa shape index (κ2) is 9.03. The van der Waals surface area contributed by atoms with Crippen LogP contribution in [-0.4, -0.2) is 23.1 Å². The molecule has 4 heteroatoms. The Kier molecular flexibility index (Phi) is 6.03. The van der Waals surface area contributed by atoms with Crippen molar-refractivity contribution in [3.8, 4) is 11.5 Å². The summed E-state index contributed by atoms with van der Waals surface area (Å²) in [4.78, 5) is 4.45. The molecule has 0 fully saturated rings. The van der Waals surface area contributed by atoms with Crippen LogP contribution in [0.4, 0.5) is 0 Å². The van der Waals surface area contributed by atoms with Crippen LogP contribution >= 0.6 is 0 Å². The van der Waals surface area contributed by atoms with Gasteiger partial charge in [-0.3, -0.25) is 0 Å². The average Bonchev–Trinajstić information content (AvgIpc) is 2.76. The number of hydrogen-bond acceptors (Lipinski definition) is 3. The molecule has 0 saturated heterocycles. The quantitative estimate of drug-likeness (QED) is 0.257. The molecule has 0 aliphatic carbocycles. The number of aromatic nitrogens is 1. The van der Waals surface area contributed by atoms with Gasteiger partial charge >= 0.3 is 179 Å². The van der Waals surface area contributed by atoms with E-state index in [1.165, 1.54) is 16.5 Å². The monoisotopic (exact) mass is 436 g/mol. The Morgan fingerprint density at radius 2 is 1.52 bits per heavy atom. The van der Waals surface area contributed by atoms with Gasteiger partial charge in [-0.25, -0.2) is 0 Å². The van der Waals surface area contributed by atoms with E-state index < -0.39 is 18.1 Å². The van der Waals surface area contributed by atoms with Gasteiger partial charge in [-0.05, 0) is 0 Å². The van der Waals surface area contributed by atoms with Crippen LogP contribution in [0.15, 0.2) is 92.2 Å². The molecule has 0 saturated carbocycles. The fourth-order valence-corrected chi connectivity index (χ4v) is 4.95. The van der Waals surface area contributed by atoms with Crippen molar-refractivity contribution >= 4 is 39.8 Å². The first kappa shape index (κ1) is 19.4.